The van der Waals surface area contributed by atoms with Crippen molar-refractivity contribution in [3.8, 4) is 10.6 Å². The minimum absolute atomic E-state index is 0.00672. The van der Waals surface area contributed by atoms with Crippen molar-refractivity contribution in [1.82, 2.24) is 29.4 Å². The molecule has 1 unspecified atom stereocenters. The van der Waals surface area contributed by atoms with Gasteiger partial charge in [0.15, 0.2) is 0 Å². The van der Waals surface area contributed by atoms with E-state index in [0.717, 1.165) is 35.5 Å². The number of rotatable bonds is 3. The maximum absolute atomic E-state index is 12.9. The monoisotopic (exact) mass is 342 g/mol. The van der Waals surface area contributed by atoms with Crippen molar-refractivity contribution in [3.05, 3.63) is 41.4 Å². The Morgan fingerprint density at radius 3 is 2.71 bits per heavy atom. The fourth-order valence-corrected chi connectivity index (χ4v) is 3.92. The van der Waals surface area contributed by atoms with Gasteiger partial charge in [-0.15, -0.1) is 11.3 Å². The predicted octanol–water partition coefficient (Wildman–Crippen LogP) is 2.25. The van der Waals surface area contributed by atoms with Crippen LogP contribution in [-0.4, -0.2) is 41.9 Å². The van der Waals surface area contributed by atoms with Gasteiger partial charge in [-0.05, 0) is 12.8 Å². The summed E-state index contributed by atoms with van der Waals surface area (Å²) >= 11 is 1.48. The van der Waals surface area contributed by atoms with Crippen LogP contribution >= 0.6 is 11.3 Å². The van der Waals surface area contributed by atoms with Crippen LogP contribution in [0.4, 0.5) is 0 Å². The average molecular weight is 342 g/mol. The fraction of sp³-hybridized carbons (Fsp3) is 0.375. The zero-order valence-corrected chi connectivity index (χ0v) is 14.4. The maximum Gasteiger partial charge on any atom is 0.273 e. The number of likely N-dealkylation sites (tertiary alicyclic amines) is 1. The molecular formula is C16H18N6OS. The number of hydrogen-bond donors (Lipinski definition) is 0. The molecule has 8 heteroatoms. The van der Waals surface area contributed by atoms with E-state index in [1.807, 2.05) is 43.0 Å². The van der Waals surface area contributed by atoms with Crippen molar-refractivity contribution >= 4 is 17.2 Å². The average Bonchev–Trinajstić information content (AvgIpc) is 3.33. The summed E-state index contributed by atoms with van der Waals surface area (Å²) in [7, 11) is 3.76. The molecule has 4 rings (SSSR count). The second-order valence-corrected chi connectivity index (χ2v) is 6.90. The maximum atomic E-state index is 12.9. The van der Waals surface area contributed by atoms with Gasteiger partial charge in [0, 0.05) is 49.5 Å². The summed E-state index contributed by atoms with van der Waals surface area (Å²) in [5.41, 5.74) is 2.53. The highest BCUT2D eigenvalue weighted by Gasteiger charge is 2.32. The first-order valence-corrected chi connectivity index (χ1v) is 8.74. The van der Waals surface area contributed by atoms with E-state index in [0.29, 0.717) is 5.69 Å². The molecule has 7 nitrogen and oxygen atoms in total. The first kappa shape index (κ1) is 15.1. The smallest absolute Gasteiger partial charge is 0.273 e. The molecular weight excluding hydrogens is 324 g/mol. The van der Waals surface area contributed by atoms with Crippen molar-refractivity contribution < 1.29 is 4.79 Å². The molecule has 1 saturated heterocycles. The third-order valence-corrected chi connectivity index (χ3v) is 5.19. The number of hydrogen-bond acceptors (Lipinski definition) is 5. The summed E-state index contributed by atoms with van der Waals surface area (Å²) in [6, 6.07) is 0.0924. The van der Waals surface area contributed by atoms with Gasteiger partial charge >= 0.3 is 0 Å². The van der Waals surface area contributed by atoms with E-state index in [9.17, 15) is 4.79 Å². The van der Waals surface area contributed by atoms with E-state index in [4.69, 9.17) is 0 Å². The summed E-state index contributed by atoms with van der Waals surface area (Å²) < 4.78 is 3.51. The molecule has 3 aromatic rings. The minimum atomic E-state index is -0.00672. The van der Waals surface area contributed by atoms with E-state index >= 15 is 0 Å². The standard InChI is InChI=1S/C16H18N6OS/c1-20-8-11(6-17-20)14-4-3-5-22(14)16(23)13-10-24-15(19-13)12-7-18-21(2)9-12/h6-10,14H,3-5H2,1-2H3. The Morgan fingerprint density at radius 2 is 2.00 bits per heavy atom. The Bertz CT molecular complexity index is 879. The van der Waals surface area contributed by atoms with Crippen LogP contribution in [0, 0.1) is 0 Å². The molecule has 3 aromatic heterocycles. The topological polar surface area (TPSA) is 68.8 Å². The van der Waals surface area contributed by atoms with Gasteiger partial charge in [-0.25, -0.2) is 4.98 Å². The normalized spacial score (nSPS) is 17.6. The number of carbonyl (C=O) groups is 1. The second-order valence-electron chi connectivity index (χ2n) is 6.04. The lowest BCUT2D eigenvalue weighted by molar-refractivity contribution is 0.0730. The molecule has 124 valence electrons. The molecule has 1 amide bonds. The Labute approximate surface area is 143 Å². The lowest BCUT2D eigenvalue weighted by Crippen LogP contribution is -2.30. The van der Waals surface area contributed by atoms with E-state index in [2.05, 4.69) is 15.2 Å². The largest absolute Gasteiger partial charge is 0.330 e. The molecule has 24 heavy (non-hydrogen) atoms. The van der Waals surface area contributed by atoms with E-state index in [1.54, 1.807) is 15.6 Å². The van der Waals surface area contributed by atoms with Gasteiger partial charge < -0.3 is 4.90 Å². The van der Waals surface area contributed by atoms with Crippen LogP contribution in [0.2, 0.25) is 0 Å². The van der Waals surface area contributed by atoms with Crippen LogP contribution in [0.1, 0.15) is 34.9 Å². The molecule has 1 aliphatic rings. The first-order valence-electron chi connectivity index (χ1n) is 7.86. The third kappa shape index (κ3) is 2.62. The number of aryl methyl sites for hydroxylation is 2. The molecule has 1 aliphatic heterocycles. The summed E-state index contributed by atoms with van der Waals surface area (Å²) in [4.78, 5) is 19.3. The van der Waals surface area contributed by atoms with E-state index in [1.165, 1.54) is 11.3 Å². The van der Waals surface area contributed by atoms with Gasteiger partial charge in [-0.3, -0.25) is 14.2 Å². The van der Waals surface area contributed by atoms with Crippen LogP contribution in [0.5, 0.6) is 0 Å². The van der Waals surface area contributed by atoms with Crippen LogP contribution in [0.25, 0.3) is 10.6 Å². The van der Waals surface area contributed by atoms with E-state index in [-0.39, 0.29) is 11.9 Å². The van der Waals surface area contributed by atoms with Gasteiger partial charge in [0.1, 0.15) is 10.7 Å². The molecule has 0 bridgehead atoms. The summed E-state index contributed by atoms with van der Waals surface area (Å²) in [6.07, 6.45) is 9.47. The SMILES string of the molecule is Cn1cc(-c2nc(C(=O)N3CCCC3c3cnn(C)c3)cs2)cn1. The fourth-order valence-electron chi connectivity index (χ4n) is 3.15. The van der Waals surface area contributed by atoms with Gasteiger partial charge in [0.2, 0.25) is 0 Å². The molecule has 0 spiro atoms. The lowest BCUT2D eigenvalue weighted by atomic mass is 10.1. The predicted molar refractivity (Wildman–Crippen MR) is 90.5 cm³/mol. The van der Waals surface area contributed by atoms with Crippen LogP contribution in [-0.2, 0) is 14.1 Å². The molecule has 1 fully saturated rings. The molecule has 0 aliphatic carbocycles. The van der Waals surface area contributed by atoms with Crippen LogP contribution < -0.4 is 0 Å². The third-order valence-electron chi connectivity index (χ3n) is 4.30. The highest BCUT2D eigenvalue weighted by molar-refractivity contribution is 7.13. The number of amides is 1. The van der Waals surface area contributed by atoms with Crippen molar-refractivity contribution in [2.45, 2.75) is 18.9 Å². The second kappa shape index (κ2) is 5.86. The van der Waals surface area contributed by atoms with Gasteiger partial charge in [-0.2, -0.15) is 10.2 Å². The highest BCUT2D eigenvalue weighted by Crippen LogP contribution is 2.33. The highest BCUT2D eigenvalue weighted by atomic mass is 32.1. The number of aromatic nitrogens is 5. The zero-order valence-electron chi connectivity index (χ0n) is 13.6. The first-order chi connectivity index (χ1) is 11.6. The quantitative estimate of drug-likeness (QED) is 0.732. The van der Waals surface area contributed by atoms with Crippen molar-refractivity contribution in [2.75, 3.05) is 6.54 Å². The minimum Gasteiger partial charge on any atom is -0.330 e. The van der Waals surface area contributed by atoms with Crippen molar-refractivity contribution in [1.29, 1.82) is 0 Å². The summed E-state index contributed by atoms with van der Waals surface area (Å²) in [6.45, 7) is 0.762. The van der Waals surface area contributed by atoms with Gasteiger partial charge in [0.05, 0.1) is 18.4 Å². The van der Waals surface area contributed by atoms with Crippen LogP contribution in [0.15, 0.2) is 30.2 Å². The molecule has 0 saturated carbocycles. The Hall–Kier alpha value is -2.48. The lowest BCUT2D eigenvalue weighted by Gasteiger charge is -2.22. The molecule has 4 heterocycles. The van der Waals surface area contributed by atoms with Crippen LogP contribution in [0.3, 0.4) is 0 Å². The van der Waals surface area contributed by atoms with Gasteiger partial charge in [-0.1, -0.05) is 0 Å². The zero-order chi connectivity index (χ0) is 16.7. The number of thiazole rings is 1. The molecule has 0 radical (unpaired) electrons. The Balaban J connectivity index is 1.58. The number of carbonyl (C=O) groups excluding carboxylic acids is 1. The van der Waals surface area contributed by atoms with Crippen molar-refractivity contribution in [3.63, 3.8) is 0 Å². The molecule has 0 aromatic carbocycles. The Kier molecular flexibility index (Phi) is 3.68. The van der Waals surface area contributed by atoms with Gasteiger partial charge in [0.25, 0.3) is 5.91 Å². The molecule has 1 atom stereocenters. The molecule has 0 N–H and O–H groups in total. The van der Waals surface area contributed by atoms with Crippen molar-refractivity contribution in [2.24, 2.45) is 14.1 Å². The Morgan fingerprint density at radius 1 is 1.21 bits per heavy atom. The van der Waals surface area contributed by atoms with E-state index < -0.39 is 0 Å². The number of nitrogens with zero attached hydrogens (tertiary/aromatic N) is 6. The summed E-state index contributed by atoms with van der Waals surface area (Å²) in [5.74, 6) is -0.00672. The summed E-state index contributed by atoms with van der Waals surface area (Å²) in [5, 5.41) is 11.0.